The molecule has 6 nitrogen and oxygen atoms in total. The molecule has 0 spiro atoms. The van der Waals surface area contributed by atoms with E-state index in [2.05, 4.69) is 16.0 Å². The summed E-state index contributed by atoms with van der Waals surface area (Å²) in [5.74, 6) is -1.96. The van der Waals surface area contributed by atoms with Crippen LogP contribution in [0.3, 0.4) is 0 Å². The molecule has 0 amide bonds. The van der Waals surface area contributed by atoms with Gasteiger partial charge in [-0.3, -0.25) is 0 Å². The Kier molecular flexibility index (Phi) is 7.18. The first-order valence-corrected chi connectivity index (χ1v) is 9.32. The van der Waals surface area contributed by atoms with Gasteiger partial charge in [0.05, 0.1) is 5.56 Å². The summed E-state index contributed by atoms with van der Waals surface area (Å²) in [4.78, 5) is 11.4. The second-order valence-electron chi connectivity index (χ2n) is 5.38. The molecule has 0 saturated heterocycles. The van der Waals surface area contributed by atoms with Crippen molar-refractivity contribution in [3.05, 3.63) is 72.1 Å². The quantitative estimate of drug-likeness (QED) is 0.502. The summed E-state index contributed by atoms with van der Waals surface area (Å²) in [6.45, 7) is 0.0922. The van der Waals surface area contributed by atoms with Crippen LogP contribution < -0.4 is 9.46 Å². The van der Waals surface area contributed by atoms with Crippen molar-refractivity contribution in [2.75, 3.05) is 6.54 Å². The maximum Gasteiger partial charge on any atom is 0.387 e. The summed E-state index contributed by atoms with van der Waals surface area (Å²) in [5.41, 5.74) is 0.315. The topological polar surface area (TPSA) is 81.7 Å². The van der Waals surface area contributed by atoms with Gasteiger partial charge in [0, 0.05) is 6.54 Å². The second-order valence-corrected chi connectivity index (χ2v) is 7.12. The number of sulfonamides is 1. The van der Waals surface area contributed by atoms with Crippen LogP contribution >= 0.6 is 0 Å². The Hall–Kier alpha value is -2.85. The summed E-state index contributed by atoms with van der Waals surface area (Å²) in [6, 6.07) is 8.20. The number of halogens is 3. The van der Waals surface area contributed by atoms with Crippen molar-refractivity contribution in [2.24, 2.45) is 0 Å². The minimum atomic E-state index is -4.17. The summed E-state index contributed by atoms with van der Waals surface area (Å²) in [6.07, 6.45) is 1.28. The van der Waals surface area contributed by atoms with Gasteiger partial charge in [-0.15, -0.1) is 6.58 Å². The van der Waals surface area contributed by atoms with Crippen molar-refractivity contribution in [3.8, 4) is 5.75 Å². The second kappa shape index (κ2) is 9.38. The number of rotatable bonds is 9. The third-order valence-electron chi connectivity index (χ3n) is 3.39. The molecule has 2 aromatic carbocycles. The highest BCUT2D eigenvalue weighted by atomic mass is 32.2. The molecule has 28 heavy (non-hydrogen) atoms. The number of benzene rings is 2. The lowest BCUT2D eigenvalue weighted by Crippen LogP contribution is -2.25. The fourth-order valence-corrected chi connectivity index (χ4v) is 3.18. The van der Waals surface area contributed by atoms with Gasteiger partial charge in [0.2, 0.25) is 10.0 Å². The Balaban J connectivity index is 2.08. The number of ether oxygens (including phenoxy) is 2. The molecule has 0 aliphatic rings. The zero-order valence-corrected chi connectivity index (χ0v) is 15.2. The first kappa shape index (κ1) is 21.5. The first-order chi connectivity index (χ1) is 13.2. The van der Waals surface area contributed by atoms with E-state index in [1.807, 2.05) is 0 Å². The molecule has 0 unspecified atom stereocenters. The number of hydrogen-bond acceptors (Lipinski definition) is 5. The van der Waals surface area contributed by atoms with E-state index < -0.39 is 33.3 Å². The van der Waals surface area contributed by atoms with Gasteiger partial charge in [-0.05, 0) is 35.9 Å². The molecule has 0 aliphatic carbocycles. The average molecular weight is 415 g/mol. The minimum Gasteiger partial charge on any atom is -0.457 e. The van der Waals surface area contributed by atoms with E-state index in [-0.39, 0.29) is 24.5 Å². The van der Waals surface area contributed by atoms with Crippen LogP contribution in [-0.4, -0.2) is 27.5 Å². The highest BCUT2D eigenvalue weighted by Crippen LogP contribution is 2.19. The zero-order chi connectivity index (χ0) is 20.7. The van der Waals surface area contributed by atoms with Gasteiger partial charge in [-0.25, -0.2) is 22.3 Å². The SMILES string of the molecule is C=CCNS(=O)(=O)c1cc(C(=O)OCc2ccc(OC(F)F)cc2)ccc1F. The van der Waals surface area contributed by atoms with E-state index in [1.54, 1.807) is 0 Å². The number of esters is 1. The average Bonchev–Trinajstić information content (AvgIpc) is 2.65. The van der Waals surface area contributed by atoms with E-state index in [1.165, 1.54) is 30.3 Å². The number of alkyl halides is 2. The molecule has 10 heteroatoms. The van der Waals surface area contributed by atoms with Crippen molar-refractivity contribution >= 4 is 16.0 Å². The molecular weight excluding hydrogens is 399 g/mol. The van der Waals surface area contributed by atoms with Crippen molar-refractivity contribution in [3.63, 3.8) is 0 Å². The monoisotopic (exact) mass is 415 g/mol. The summed E-state index contributed by atoms with van der Waals surface area (Å²) >= 11 is 0. The summed E-state index contributed by atoms with van der Waals surface area (Å²) in [7, 11) is -4.17. The van der Waals surface area contributed by atoms with E-state index in [4.69, 9.17) is 4.74 Å². The third kappa shape index (κ3) is 5.83. The molecule has 0 aromatic heterocycles. The molecule has 0 aliphatic heterocycles. The van der Waals surface area contributed by atoms with E-state index in [0.717, 1.165) is 18.2 Å². The minimum absolute atomic E-state index is 0.0505. The maximum absolute atomic E-state index is 13.9. The lowest BCUT2D eigenvalue weighted by atomic mass is 10.2. The number of nitrogens with one attached hydrogen (secondary N) is 1. The van der Waals surface area contributed by atoms with Crippen LogP contribution in [0.5, 0.6) is 5.75 Å². The number of hydrogen-bond donors (Lipinski definition) is 1. The molecule has 0 fully saturated rings. The highest BCUT2D eigenvalue weighted by Gasteiger charge is 2.21. The lowest BCUT2D eigenvalue weighted by molar-refractivity contribution is -0.0498. The Morgan fingerprint density at radius 3 is 2.46 bits per heavy atom. The Labute approximate surface area is 159 Å². The molecule has 0 bridgehead atoms. The number of carbonyl (C=O) groups is 1. The van der Waals surface area contributed by atoms with Gasteiger partial charge >= 0.3 is 12.6 Å². The third-order valence-corrected chi connectivity index (χ3v) is 4.83. The molecule has 0 heterocycles. The smallest absolute Gasteiger partial charge is 0.387 e. The van der Waals surface area contributed by atoms with Crippen molar-refractivity contribution < 1.29 is 35.9 Å². The van der Waals surface area contributed by atoms with Crippen molar-refractivity contribution in [1.82, 2.24) is 4.72 Å². The van der Waals surface area contributed by atoms with Gasteiger partial charge in [0.1, 0.15) is 23.1 Å². The predicted molar refractivity (Wildman–Crippen MR) is 94.0 cm³/mol. The van der Waals surface area contributed by atoms with Gasteiger partial charge < -0.3 is 9.47 Å². The van der Waals surface area contributed by atoms with Crippen LogP contribution in [0.1, 0.15) is 15.9 Å². The van der Waals surface area contributed by atoms with Crippen molar-refractivity contribution in [2.45, 2.75) is 18.1 Å². The largest absolute Gasteiger partial charge is 0.457 e. The summed E-state index contributed by atoms with van der Waals surface area (Å²) in [5, 5.41) is 0. The highest BCUT2D eigenvalue weighted by molar-refractivity contribution is 7.89. The molecule has 150 valence electrons. The van der Waals surface area contributed by atoms with Crippen LogP contribution in [0.2, 0.25) is 0 Å². The Morgan fingerprint density at radius 1 is 1.18 bits per heavy atom. The first-order valence-electron chi connectivity index (χ1n) is 7.84. The predicted octanol–water partition coefficient (Wildman–Crippen LogP) is 3.25. The molecule has 2 aromatic rings. The standard InChI is InChI=1S/C18H16F3NO5S/c1-2-9-22-28(24,25)16-10-13(5-8-15(16)19)17(23)26-11-12-3-6-14(7-4-12)27-18(20)21/h2-8,10,18,22H,1,9,11H2. The van der Waals surface area contributed by atoms with Gasteiger partial charge in [-0.2, -0.15) is 8.78 Å². The Bertz CT molecular complexity index is 946. The maximum atomic E-state index is 13.9. The van der Waals surface area contributed by atoms with Crippen molar-refractivity contribution in [1.29, 1.82) is 0 Å². The summed E-state index contributed by atoms with van der Waals surface area (Å²) < 4.78 is 73.6. The van der Waals surface area contributed by atoms with Crippen LogP contribution in [0.25, 0.3) is 0 Å². The molecule has 0 saturated carbocycles. The van der Waals surface area contributed by atoms with E-state index >= 15 is 0 Å². The fraction of sp³-hybridized carbons (Fsp3) is 0.167. The van der Waals surface area contributed by atoms with Crippen LogP contribution in [-0.2, 0) is 21.4 Å². The van der Waals surface area contributed by atoms with Crippen LogP contribution in [0, 0.1) is 5.82 Å². The van der Waals surface area contributed by atoms with Gasteiger partial charge in [0.15, 0.2) is 0 Å². The van der Waals surface area contributed by atoms with Crippen LogP contribution in [0.4, 0.5) is 13.2 Å². The van der Waals surface area contributed by atoms with Crippen LogP contribution in [0.15, 0.2) is 60.0 Å². The van der Waals surface area contributed by atoms with Gasteiger partial charge in [-0.1, -0.05) is 18.2 Å². The number of carbonyl (C=O) groups excluding carboxylic acids is 1. The Morgan fingerprint density at radius 2 is 1.86 bits per heavy atom. The van der Waals surface area contributed by atoms with Gasteiger partial charge in [0.25, 0.3) is 0 Å². The molecule has 2 rings (SSSR count). The fourth-order valence-electron chi connectivity index (χ4n) is 2.08. The van der Waals surface area contributed by atoms with E-state index in [0.29, 0.717) is 5.56 Å². The molecule has 1 N–H and O–H groups in total. The normalized spacial score (nSPS) is 11.3. The molecule has 0 radical (unpaired) electrons. The lowest BCUT2D eigenvalue weighted by Gasteiger charge is -2.09. The molecular formula is C18H16F3NO5S. The molecule has 0 atom stereocenters. The van der Waals surface area contributed by atoms with E-state index in [9.17, 15) is 26.4 Å². The zero-order valence-electron chi connectivity index (χ0n) is 14.4.